The lowest BCUT2D eigenvalue weighted by Gasteiger charge is -1.97. The van der Waals surface area contributed by atoms with Crippen molar-refractivity contribution in [3.8, 4) is 11.8 Å². The zero-order valence-electron chi connectivity index (χ0n) is 9.22. The van der Waals surface area contributed by atoms with Crippen molar-refractivity contribution in [3.63, 3.8) is 0 Å². The molecule has 1 aromatic heterocycles. The van der Waals surface area contributed by atoms with Gasteiger partial charge in [0.05, 0.1) is 17.1 Å². The fourth-order valence-electron chi connectivity index (χ4n) is 1.01. The Balaban J connectivity index is 3.02. The van der Waals surface area contributed by atoms with Crippen LogP contribution >= 0.6 is 23.1 Å². The van der Waals surface area contributed by atoms with Crippen LogP contribution < -0.4 is 11.3 Å². The maximum atomic E-state index is 11.3. The Hall–Kier alpha value is -1.76. The van der Waals surface area contributed by atoms with Gasteiger partial charge in [-0.25, -0.2) is 10.6 Å². The van der Waals surface area contributed by atoms with Gasteiger partial charge in [-0.15, -0.1) is 23.1 Å². The van der Waals surface area contributed by atoms with Crippen LogP contribution in [0.3, 0.4) is 0 Å². The lowest BCUT2D eigenvalue weighted by Crippen LogP contribution is -2.31. The van der Waals surface area contributed by atoms with E-state index in [2.05, 4.69) is 4.74 Å². The molecule has 0 aliphatic rings. The number of hydrogen-bond donors (Lipinski definition) is 3. The molecule has 1 amide bonds. The highest BCUT2D eigenvalue weighted by molar-refractivity contribution is 8.01. The van der Waals surface area contributed by atoms with E-state index in [1.54, 1.807) is 6.07 Å². The fraction of sp³-hybridized carbons (Fsp3) is 0.222. The monoisotopic (exact) mass is 287 g/mol. The Labute approximate surface area is 111 Å². The van der Waals surface area contributed by atoms with E-state index in [-0.39, 0.29) is 16.2 Å². The number of hydrazine groups is 1. The van der Waals surface area contributed by atoms with Crippen molar-refractivity contribution in [1.29, 1.82) is 5.26 Å². The van der Waals surface area contributed by atoms with Crippen molar-refractivity contribution in [1.82, 2.24) is 5.43 Å². The number of esters is 1. The lowest BCUT2D eigenvalue weighted by atomic mass is 10.3. The quantitative estimate of drug-likeness (QED) is 0.237. The molecule has 18 heavy (non-hydrogen) atoms. The van der Waals surface area contributed by atoms with Crippen LogP contribution in [0.1, 0.15) is 15.2 Å². The number of nitrogens with zero attached hydrogens (tertiary/aromatic N) is 1. The third-order valence-corrected chi connectivity index (χ3v) is 4.26. The first-order valence-corrected chi connectivity index (χ1v) is 6.31. The van der Waals surface area contributed by atoms with Crippen LogP contribution in [0, 0.1) is 11.3 Å². The molecule has 0 aliphatic heterocycles. The van der Waals surface area contributed by atoms with Crippen molar-refractivity contribution in [2.45, 2.75) is 4.21 Å². The number of aromatic hydroxyl groups is 1. The molecule has 0 bridgehead atoms. The second kappa shape index (κ2) is 6.25. The molecule has 0 atom stereocenters. The molecule has 0 aliphatic carbocycles. The maximum Gasteiger partial charge on any atom is 0.351 e. The number of thiophene rings is 1. The Morgan fingerprint density at radius 2 is 2.33 bits per heavy atom. The number of thioether (sulfide) groups is 1. The predicted octanol–water partition coefficient (Wildman–Crippen LogP) is 0.194. The average Bonchev–Trinajstić information content (AvgIpc) is 2.71. The summed E-state index contributed by atoms with van der Waals surface area (Å²) in [6, 6.07) is 1.77. The average molecular weight is 287 g/mol. The first-order valence-electron chi connectivity index (χ1n) is 4.51. The van der Waals surface area contributed by atoms with Gasteiger partial charge in [0.2, 0.25) is 5.91 Å². The first-order chi connectivity index (χ1) is 8.54. The Kier molecular flexibility index (Phi) is 4.96. The molecule has 0 spiro atoms. The molecule has 1 aromatic rings. The topological polar surface area (TPSA) is 125 Å². The molecule has 9 heteroatoms. The van der Waals surface area contributed by atoms with Crippen molar-refractivity contribution in [2.24, 2.45) is 5.84 Å². The highest BCUT2D eigenvalue weighted by Crippen LogP contribution is 2.40. The van der Waals surface area contributed by atoms with E-state index >= 15 is 0 Å². The number of rotatable bonds is 4. The molecule has 4 N–H and O–H groups in total. The van der Waals surface area contributed by atoms with E-state index in [1.807, 2.05) is 5.43 Å². The van der Waals surface area contributed by atoms with E-state index in [4.69, 9.17) is 11.1 Å². The molecule has 1 rings (SSSR count). The van der Waals surface area contributed by atoms with Crippen LogP contribution in [0.4, 0.5) is 0 Å². The number of ether oxygens (including phenoxy) is 1. The van der Waals surface area contributed by atoms with Gasteiger partial charge in [-0.3, -0.25) is 10.2 Å². The summed E-state index contributed by atoms with van der Waals surface area (Å²) in [7, 11) is 1.17. The predicted molar refractivity (Wildman–Crippen MR) is 65.1 cm³/mol. The van der Waals surface area contributed by atoms with Crippen molar-refractivity contribution in [2.75, 3.05) is 12.9 Å². The number of hydrogen-bond acceptors (Lipinski definition) is 8. The first kappa shape index (κ1) is 14.3. The summed E-state index contributed by atoms with van der Waals surface area (Å²) in [6.07, 6.45) is 0. The van der Waals surface area contributed by atoms with Crippen LogP contribution in [0.25, 0.3) is 0 Å². The van der Waals surface area contributed by atoms with Crippen LogP contribution in [-0.4, -0.2) is 29.8 Å². The lowest BCUT2D eigenvalue weighted by molar-refractivity contribution is -0.118. The molecule has 7 nitrogen and oxygen atoms in total. The number of methoxy groups -OCH3 is 1. The van der Waals surface area contributed by atoms with Crippen LogP contribution in [-0.2, 0) is 9.53 Å². The van der Waals surface area contributed by atoms with Crippen molar-refractivity contribution in [3.05, 3.63) is 10.4 Å². The number of carbonyl (C=O) groups excluding carboxylic acids is 2. The summed E-state index contributed by atoms with van der Waals surface area (Å²) in [6.45, 7) is 0. The van der Waals surface area contributed by atoms with E-state index in [1.165, 1.54) is 7.11 Å². The Bertz CT molecular complexity index is 521. The van der Waals surface area contributed by atoms with Crippen molar-refractivity contribution >= 4 is 35.0 Å². The number of nitrogens with two attached hydrogens (primary N) is 1. The van der Waals surface area contributed by atoms with Crippen LogP contribution in [0.2, 0.25) is 0 Å². The number of amides is 1. The Morgan fingerprint density at radius 1 is 1.67 bits per heavy atom. The minimum atomic E-state index is -0.732. The molecule has 0 unspecified atom stereocenters. The zero-order chi connectivity index (χ0) is 13.7. The molecular formula is C9H9N3O4S2. The number of nitriles is 1. The molecular weight excluding hydrogens is 278 g/mol. The summed E-state index contributed by atoms with van der Waals surface area (Å²) >= 11 is 1.89. The van der Waals surface area contributed by atoms with Gasteiger partial charge in [0, 0.05) is 0 Å². The normalized spacial score (nSPS) is 9.61. The third-order valence-electron chi connectivity index (χ3n) is 1.83. The largest absolute Gasteiger partial charge is 0.505 e. The van der Waals surface area contributed by atoms with Gasteiger partial charge in [0.15, 0.2) is 10.6 Å². The van der Waals surface area contributed by atoms with E-state index in [0.29, 0.717) is 4.21 Å². The van der Waals surface area contributed by atoms with Gasteiger partial charge in [-0.1, -0.05) is 0 Å². The third kappa shape index (κ3) is 2.92. The summed E-state index contributed by atoms with van der Waals surface area (Å²) in [5.74, 6) is 3.30. The minimum absolute atomic E-state index is 0.0221. The molecule has 0 fully saturated rings. The zero-order valence-corrected chi connectivity index (χ0v) is 10.9. The molecule has 0 aromatic carbocycles. The van der Waals surface area contributed by atoms with Gasteiger partial charge >= 0.3 is 5.97 Å². The van der Waals surface area contributed by atoms with E-state index in [0.717, 1.165) is 23.1 Å². The standard InChI is InChI=1S/C9H9N3O4S2/c1-16-8(15)7-6(14)4(2-10)9(18-7)17-3-5(13)12-11/h14H,3,11H2,1H3,(H,12,13). The summed E-state index contributed by atoms with van der Waals surface area (Å²) < 4.78 is 4.83. The number of carbonyl (C=O) groups is 2. The van der Waals surface area contributed by atoms with E-state index < -0.39 is 17.6 Å². The summed E-state index contributed by atoms with van der Waals surface area (Å²) in [5, 5.41) is 18.6. The van der Waals surface area contributed by atoms with Crippen molar-refractivity contribution < 1.29 is 19.4 Å². The fourth-order valence-corrected chi connectivity index (χ4v) is 3.10. The summed E-state index contributed by atoms with van der Waals surface area (Å²) in [4.78, 5) is 22.2. The molecule has 96 valence electrons. The van der Waals surface area contributed by atoms with Gasteiger partial charge in [0.25, 0.3) is 0 Å². The smallest absolute Gasteiger partial charge is 0.351 e. The molecule has 0 saturated heterocycles. The highest BCUT2D eigenvalue weighted by Gasteiger charge is 2.23. The van der Waals surface area contributed by atoms with Gasteiger partial charge in [0.1, 0.15) is 11.6 Å². The van der Waals surface area contributed by atoms with E-state index in [9.17, 15) is 14.7 Å². The Morgan fingerprint density at radius 3 is 2.83 bits per heavy atom. The second-order valence-electron chi connectivity index (χ2n) is 2.90. The molecule has 0 saturated carbocycles. The molecule has 1 heterocycles. The number of nitrogens with one attached hydrogen (secondary N) is 1. The second-order valence-corrected chi connectivity index (χ2v) is 5.17. The minimum Gasteiger partial charge on any atom is -0.505 e. The maximum absolute atomic E-state index is 11.3. The van der Waals surface area contributed by atoms with Gasteiger partial charge < -0.3 is 9.84 Å². The van der Waals surface area contributed by atoms with Crippen LogP contribution in [0.15, 0.2) is 4.21 Å². The van der Waals surface area contributed by atoms with Gasteiger partial charge in [-0.2, -0.15) is 5.26 Å². The van der Waals surface area contributed by atoms with Crippen LogP contribution in [0.5, 0.6) is 5.75 Å². The van der Waals surface area contributed by atoms with Gasteiger partial charge in [-0.05, 0) is 0 Å². The highest BCUT2D eigenvalue weighted by atomic mass is 32.2. The summed E-state index contributed by atoms with van der Waals surface area (Å²) in [5.41, 5.74) is 1.89. The SMILES string of the molecule is COC(=O)c1sc(SCC(=O)NN)c(C#N)c1O. The molecule has 0 radical (unpaired) electrons.